The Labute approximate surface area is 93.5 Å². The third-order valence-corrected chi connectivity index (χ3v) is 3.27. The molecule has 0 aromatic carbocycles. The average Bonchev–Trinajstić information content (AvgIpc) is 2.16. The Balaban J connectivity index is 2.64. The summed E-state index contributed by atoms with van der Waals surface area (Å²) in [6.45, 7) is 8.90. The van der Waals surface area contributed by atoms with E-state index in [2.05, 4.69) is 37.1 Å². The van der Waals surface area contributed by atoms with Crippen LogP contribution in [0.2, 0.25) is 0 Å². The molecule has 2 atom stereocenters. The molecule has 1 fully saturated rings. The molecule has 0 bridgehead atoms. The molecule has 0 aliphatic carbocycles. The van der Waals surface area contributed by atoms with Gasteiger partial charge >= 0.3 is 0 Å². The van der Waals surface area contributed by atoms with Crippen LogP contribution in [0.4, 0.5) is 0 Å². The summed E-state index contributed by atoms with van der Waals surface area (Å²) < 4.78 is 0. The molecule has 0 amide bonds. The van der Waals surface area contributed by atoms with E-state index in [1.807, 2.05) is 7.05 Å². The van der Waals surface area contributed by atoms with Crippen molar-refractivity contribution in [1.29, 1.82) is 5.26 Å². The molecule has 0 spiro atoms. The fraction of sp³-hybridized carbons (Fsp3) is 0.917. The molecule has 15 heavy (non-hydrogen) atoms. The van der Waals surface area contributed by atoms with Gasteiger partial charge in [-0.25, -0.2) is 0 Å². The molecule has 1 N–H and O–H groups in total. The van der Waals surface area contributed by atoms with E-state index in [4.69, 9.17) is 5.26 Å². The fourth-order valence-corrected chi connectivity index (χ4v) is 2.24. The van der Waals surface area contributed by atoms with Crippen LogP contribution in [0.1, 0.15) is 33.6 Å². The van der Waals surface area contributed by atoms with Crippen LogP contribution in [0.25, 0.3) is 0 Å². The van der Waals surface area contributed by atoms with Gasteiger partial charge in [-0.15, -0.1) is 0 Å². The zero-order valence-electron chi connectivity index (χ0n) is 10.4. The molecule has 0 aromatic heterocycles. The molecular formula is C12H23N3. The van der Waals surface area contributed by atoms with Crippen molar-refractivity contribution in [3.05, 3.63) is 0 Å². The van der Waals surface area contributed by atoms with Gasteiger partial charge < -0.3 is 5.32 Å². The summed E-state index contributed by atoms with van der Waals surface area (Å²) in [7, 11) is 2.01. The Morgan fingerprint density at radius 1 is 1.40 bits per heavy atom. The molecule has 1 saturated heterocycles. The van der Waals surface area contributed by atoms with Crippen LogP contribution in [-0.2, 0) is 0 Å². The highest BCUT2D eigenvalue weighted by Gasteiger charge is 2.31. The number of nitrogens with one attached hydrogen (secondary N) is 1. The Hall–Kier alpha value is -0.590. The van der Waals surface area contributed by atoms with Crippen molar-refractivity contribution in [3.63, 3.8) is 0 Å². The molecule has 0 saturated carbocycles. The van der Waals surface area contributed by atoms with E-state index in [1.54, 1.807) is 0 Å². The van der Waals surface area contributed by atoms with Crippen LogP contribution in [0.15, 0.2) is 0 Å². The first-order valence-electron chi connectivity index (χ1n) is 5.76. The number of hydrogen-bond acceptors (Lipinski definition) is 3. The first kappa shape index (κ1) is 12.5. The van der Waals surface area contributed by atoms with Crippen LogP contribution in [0, 0.1) is 17.2 Å². The maximum atomic E-state index is 8.78. The second kappa shape index (κ2) is 4.96. The summed E-state index contributed by atoms with van der Waals surface area (Å²) >= 11 is 0. The lowest BCUT2D eigenvalue weighted by atomic mass is 9.89. The van der Waals surface area contributed by atoms with Gasteiger partial charge in [0, 0.05) is 31.1 Å². The Bertz CT molecular complexity index is 236. The molecule has 1 rings (SSSR count). The maximum absolute atomic E-state index is 8.78. The topological polar surface area (TPSA) is 39.1 Å². The number of piperidine rings is 1. The highest BCUT2D eigenvalue weighted by atomic mass is 15.2. The Morgan fingerprint density at radius 2 is 2.07 bits per heavy atom. The molecule has 3 heteroatoms. The molecule has 0 aromatic rings. The van der Waals surface area contributed by atoms with Crippen molar-refractivity contribution in [3.8, 4) is 6.07 Å². The molecule has 1 aliphatic rings. The van der Waals surface area contributed by atoms with Gasteiger partial charge in [-0.2, -0.15) is 5.26 Å². The minimum absolute atomic E-state index is 0.212. The van der Waals surface area contributed by atoms with Gasteiger partial charge in [-0.3, -0.25) is 4.90 Å². The number of nitrogens with zero attached hydrogens (tertiary/aromatic N) is 2. The molecule has 0 radical (unpaired) electrons. The number of likely N-dealkylation sites (tertiary alicyclic amines) is 1. The zero-order valence-corrected chi connectivity index (χ0v) is 10.4. The third-order valence-electron chi connectivity index (χ3n) is 3.27. The van der Waals surface area contributed by atoms with E-state index in [9.17, 15) is 0 Å². The number of likely N-dealkylation sites (N-methyl/N-ethyl adjacent to an activating group) is 1. The number of rotatable bonds is 2. The van der Waals surface area contributed by atoms with Gasteiger partial charge in [-0.1, -0.05) is 0 Å². The van der Waals surface area contributed by atoms with E-state index >= 15 is 0 Å². The second-order valence-corrected chi connectivity index (χ2v) is 5.53. The highest BCUT2D eigenvalue weighted by molar-refractivity contribution is 4.91. The van der Waals surface area contributed by atoms with E-state index in [1.165, 1.54) is 0 Å². The number of nitriles is 1. The Morgan fingerprint density at radius 3 is 2.53 bits per heavy atom. The summed E-state index contributed by atoms with van der Waals surface area (Å²) in [5, 5.41) is 12.1. The fourth-order valence-electron chi connectivity index (χ4n) is 2.24. The molecule has 0 unspecified atom stereocenters. The lowest BCUT2D eigenvalue weighted by Gasteiger charge is -2.44. The summed E-state index contributed by atoms with van der Waals surface area (Å²) in [4.78, 5) is 2.49. The molecule has 3 nitrogen and oxygen atoms in total. The summed E-state index contributed by atoms with van der Waals surface area (Å²) in [6.07, 6.45) is 1.82. The van der Waals surface area contributed by atoms with Gasteiger partial charge in [0.2, 0.25) is 0 Å². The van der Waals surface area contributed by atoms with E-state index in [-0.39, 0.29) is 5.54 Å². The van der Waals surface area contributed by atoms with E-state index in [0.717, 1.165) is 19.5 Å². The van der Waals surface area contributed by atoms with Crippen LogP contribution in [0.3, 0.4) is 0 Å². The standard InChI is InChI=1S/C12H23N3/c1-12(2,3)15-8-10(5-6-13)7-11(9-15)14-4/h10-11,14H,5,7-9H2,1-4H3/t10-,11-/m1/s1. The van der Waals surface area contributed by atoms with Crippen molar-refractivity contribution >= 4 is 0 Å². The molecule has 1 heterocycles. The van der Waals surface area contributed by atoms with Crippen molar-refractivity contribution in [2.45, 2.75) is 45.2 Å². The minimum Gasteiger partial charge on any atom is -0.316 e. The summed E-state index contributed by atoms with van der Waals surface area (Å²) in [5.41, 5.74) is 0.212. The van der Waals surface area contributed by atoms with E-state index in [0.29, 0.717) is 18.4 Å². The van der Waals surface area contributed by atoms with Crippen LogP contribution >= 0.6 is 0 Å². The monoisotopic (exact) mass is 209 g/mol. The molecular weight excluding hydrogens is 186 g/mol. The Kier molecular flexibility index (Phi) is 4.12. The lowest BCUT2D eigenvalue weighted by molar-refractivity contribution is 0.0621. The van der Waals surface area contributed by atoms with E-state index < -0.39 is 0 Å². The third kappa shape index (κ3) is 3.48. The predicted molar refractivity (Wildman–Crippen MR) is 62.5 cm³/mol. The predicted octanol–water partition coefficient (Wildman–Crippen LogP) is 1.61. The van der Waals surface area contributed by atoms with Crippen molar-refractivity contribution in [2.24, 2.45) is 5.92 Å². The average molecular weight is 209 g/mol. The molecule has 1 aliphatic heterocycles. The maximum Gasteiger partial charge on any atom is 0.0625 e. The van der Waals surface area contributed by atoms with Gasteiger partial charge in [0.05, 0.1) is 6.07 Å². The second-order valence-electron chi connectivity index (χ2n) is 5.53. The minimum atomic E-state index is 0.212. The highest BCUT2D eigenvalue weighted by Crippen LogP contribution is 2.25. The van der Waals surface area contributed by atoms with Crippen molar-refractivity contribution in [1.82, 2.24) is 10.2 Å². The first-order chi connectivity index (χ1) is 6.97. The summed E-state index contributed by atoms with van der Waals surface area (Å²) in [5.74, 6) is 0.528. The normalized spacial score (nSPS) is 28.7. The van der Waals surface area contributed by atoms with Crippen molar-refractivity contribution in [2.75, 3.05) is 20.1 Å². The first-order valence-corrected chi connectivity index (χ1v) is 5.76. The largest absolute Gasteiger partial charge is 0.316 e. The quantitative estimate of drug-likeness (QED) is 0.751. The summed E-state index contributed by atoms with van der Waals surface area (Å²) in [6, 6.07) is 2.84. The number of hydrogen-bond donors (Lipinski definition) is 1. The zero-order chi connectivity index (χ0) is 11.5. The SMILES string of the molecule is CN[C@@H]1C[C@@H](CC#N)CN(C(C)(C)C)C1. The van der Waals surface area contributed by atoms with Crippen LogP contribution in [-0.4, -0.2) is 36.6 Å². The molecule has 86 valence electrons. The van der Waals surface area contributed by atoms with Crippen LogP contribution < -0.4 is 5.32 Å². The smallest absolute Gasteiger partial charge is 0.0625 e. The van der Waals surface area contributed by atoms with Gasteiger partial charge in [-0.05, 0) is 40.2 Å². The van der Waals surface area contributed by atoms with Crippen molar-refractivity contribution < 1.29 is 0 Å². The van der Waals surface area contributed by atoms with Crippen LogP contribution in [0.5, 0.6) is 0 Å². The lowest BCUT2D eigenvalue weighted by Crippen LogP contribution is -2.54. The van der Waals surface area contributed by atoms with Gasteiger partial charge in [0.15, 0.2) is 0 Å². The van der Waals surface area contributed by atoms with Gasteiger partial charge in [0.1, 0.15) is 0 Å². The van der Waals surface area contributed by atoms with Gasteiger partial charge in [0.25, 0.3) is 0 Å².